The molecule has 0 spiro atoms. The summed E-state index contributed by atoms with van der Waals surface area (Å²) in [6.45, 7) is 4.76. The number of carbonyl (C=O) groups excluding carboxylic acids is 1. The molecule has 1 aliphatic heterocycles. The smallest absolute Gasteiger partial charge is 0.249 e. The molecule has 1 heterocycles. The molecule has 1 saturated heterocycles. The molecule has 3 heteroatoms. The molecule has 1 aromatic rings. The van der Waals surface area contributed by atoms with Crippen LogP contribution in [0.4, 0.5) is 0 Å². The van der Waals surface area contributed by atoms with E-state index >= 15 is 0 Å². The number of carbonyl (C=O) groups is 1. The zero-order valence-corrected chi connectivity index (χ0v) is 10.4. The summed E-state index contributed by atoms with van der Waals surface area (Å²) < 4.78 is 5.36. The first-order chi connectivity index (χ1) is 8.16. The highest BCUT2D eigenvalue weighted by atomic mass is 16.5. The van der Waals surface area contributed by atoms with E-state index in [1.807, 2.05) is 6.92 Å². The molecular weight excluding hydrogens is 214 g/mol. The first-order valence-corrected chi connectivity index (χ1v) is 6.15. The maximum atomic E-state index is 11.9. The van der Waals surface area contributed by atoms with E-state index in [-0.39, 0.29) is 18.1 Å². The number of aryl methyl sites for hydroxylation is 1. The van der Waals surface area contributed by atoms with Gasteiger partial charge in [0.05, 0.1) is 6.04 Å². The predicted molar refractivity (Wildman–Crippen MR) is 66.7 cm³/mol. The van der Waals surface area contributed by atoms with E-state index in [1.165, 1.54) is 5.56 Å². The number of benzene rings is 1. The Balaban J connectivity index is 1.93. The van der Waals surface area contributed by atoms with Crippen molar-refractivity contribution in [2.24, 2.45) is 0 Å². The van der Waals surface area contributed by atoms with E-state index < -0.39 is 0 Å². The van der Waals surface area contributed by atoms with Gasteiger partial charge in [0.2, 0.25) is 5.91 Å². The SMILES string of the molecule is Cc1ccc([C@@H](C)NC(=O)[C@@H]2CCCO2)cc1. The standard InChI is InChI=1S/C14H19NO2/c1-10-5-7-12(8-6-10)11(2)15-14(16)13-4-3-9-17-13/h5-8,11,13H,3-4,9H2,1-2H3,(H,15,16)/t11-,13+/m1/s1. The van der Waals surface area contributed by atoms with Gasteiger partial charge in [-0.15, -0.1) is 0 Å². The Hall–Kier alpha value is -1.35. The molecule has 3 nitrogen and oxygen atoms in total. The van der Waals surface area contributed by atoms with Gasteiger partial charge in [-0.3, -0.25) is 4.79 Å². The largest absolute Gasteiger partial charge is 0.368 e. The maximum absolute atomic E-state index is 11.9. The highest BCUT2D eigenvalue weighted by Gasteiger charge is 2.24. The van der Waals surface area contributed by atoms with E-state index in [1.54, 1.807) is 0 Å². The molecule has 1 amide bonds. The Morgan fingerprint density at radius 1 is 1.41 bits per heavy atom. The highest BCUT2D eigenvalue weighted by Crippen LogP contribution is 2.16. The monoisotopic (exact) mass is 233 g/mol. The summed E-state index contributed by atoms with van der Waals surface area (Å²) in [5.41, 5.74) is 2.35. The van der Waals surface area contributed by atoms with Crippen LogP contribution in [0.5, 0.6) is 0 Å². The Morgan fingerprint density at radius 3 is 2.71 bits per heavy atom. The van der Waals surface area contributed by atoms with Crippen LogP contribution in [0.2, 0.25) is 0 Å². The van der Waals surface area contributed by atoms with Gasteiger partial charge in [-0.25, -0.2) is 0 Å². The number of nitrogens with one attached hydrogen (secondary N) is 1. The highest BCUT2D eigenvalue weighted by molar-refractivity contribution is 5.81. The first kappa shape index (κ1) is 12.1. The van der Waals surface area contributed by atoms with Crippen molar-refractivity contribution in [1.29, 1.82) is 0 Å². The van der Waals surface area contributed by atoms with E-state index in [4.69, 9.17) is 4.74 Å². The second kappa shape index (κ2) is 5.32. The Bertz CT molecular complexity index is 380. The predicted octanol–water partition coefficient (Wildman–Crippen LogP) is 2.35. The summed E-state index contributed by atoms with van der Waals surface area (Å²) in [5.74, 6) is 0.00979. The minimum atomic E-state index is -0.247. The van der Waals surface area contributed by atoms with E-state index in [0.717, 1.165) is 18.4 Å². The van der Waals surface area contributed by atoms with Crippen LogP contribution in [0.1, 0.15) is 36.9 Å². The third-order valence-corrected chi connectivity index (χ3v) is 3.16. The molecule has 2 rings (SSSR count). The summed E-state index contributed by atoms with van der Waals surface area (Å²) >= 11 is 0. The quantitative estimate of drug-likeness (QED) is 0.870. The molecule has 1 aromatic carbocycles. The van der Waals surface area contributed by atoms with Gasteiger partial charge in [0.15, 0.2) is 0 Å². The van der Waals surface area contributed by atoms with Gasteiger partial charge in [0, 0.05) is 6.61 Å². The van der Waals surface area contributed by atoms with E-state index in [0.29, 0.717) is 6.61 Å². The normalized spacial score (nSPS) is 21.2. The van der Waals surface area contributed by atoms with E-state index in [9.17, 15) is 4.79 Å². The topological polar surface area (TPSA) is 38.3 Å². The lowest BCUT2D eigenvalue weighted by Crippen LogP contribution is -2.35. The molecule has 0 radical (unpaired) electrons. The van der Waals surface area contributed by atoms with Crippen LogP contribution in [0, 0.1) is 6.92 Å². The third kappa shape index (κ3) is 3.07. The van der Waals surface area contributed by atoms with Gasteiger partial charge in [-0.1, -0.05) is 29.8 Å². The molecule has 92 valence electrons. The number of hydrogen-bond donors (Lipinski definition) is 1. The van der Waals surface area contributed by atoms with Crippen molar-refractivity contribution in [1.82, 2.24) is 5.32 Å². The van der Waals surface area contributed by atoms with Gasteiger partial charge in [-0.2, -0.15) is 0 Å². The van der Waals surface area contributed by atoms with Crippen LogP contribution in [0.25, 0.3) is 0 Å². The number of rotatable bonds is 3. The molecule has 2 atom stereocenters. The fourth-order valence-electron chi connectivity index (χ4n) is 2.03. The molecule has 1 N–H and O–H groups in total. The lowest BCUT2D eigenvalue weighted by atomic mass is 10.1. The molecule has 1 fully saturated rings. The Morgan fingerprint density at radius 2 is 2.12 bits per heavy atom. The van der Waals surface area contributed by atoms with Crippen LogP contribution < -0.4 is 5.32 Å². The Labute approximate surface area is 102 Å². The second-order valence-corrected chi connectivity index (χ2v) is 4.64. The lowest BCUT2D eigenvalue weighted by molar-refractivity contribution is -0.130. The molecule has 1 aliphatic rings. The van der Waals surface area contributed by atoms with Crippen molar-refractivity contribution >= 4 is 5.91 Å². The summed E-state index contributed by atoms with van der Waals surface area (Å²) in [4.78, 5) is 11.9. The zero-order valence-electron chi connectivity index (χ0n) is 10.4. The number of amides is 1. The van der Waals surface area contributed by atoms with Gasteiger partial charge in [0.25, 0.3) is 0 Å². The third-order valence-electron chi connectivity index (χ3n) is 3.16. The van der Waals surface area contributed by atoms with Crippen LogP contribution in [-0.2, 0) is 9.53 Å². The van der Waals surface area contributed by atoms with Crippen molar-refractivity contribution in [3.8, 4) is 0 Å². The van der Waals surface area contributed by atoms with Gasteiger partial charge in [0.1, 0.15) is 6.10 Å². The summed E-state index contributed by atoms with van der Waals surface area (Å²) in [7, 11) is 0. The van der Waals surface area contributed by atoms with Crippen LogP contribution in [0.15, 0.2) is 24.3 Å². The van der Waals surface area contributed by atoms with Crippen LogP contribution in [-0.4, -0.2) is 18.6 Å². The number of hydrogen-bond acceptors (Lipinski definition) is 2. The van der Waals surface area contributed by atoms with Crippen molar-refractivity contribution < 1.29 is 9.53 Å². The molecule has 0 unspecified atom stereocenters. The molecule has 17 heavy (non-hydrogen) atoms. The minimum Gasteiger partial charge on any atom is -0.368 e. The summed E-state index contributed by atoms with van der Waals surface area (Å²) in [6, 6.07) is 8.26. The minimum absolute atomic E-state index is 0.00979. The fraction of sp³-hybridized carbons (Fsp3) is 0.500. The van der Waals surface area contributed by atoms with Gasteiger partial charge < -0.3 is 10.1 Å². The van der Waals surface area contributed by atoms with E-state index in [2.05, 4.69) is 36.5 Å². The summed E-state index contributed by atoms with van der Waals surface area (Å²) in [5, 5.41) is 2.99. The molecular formula is C14H19NO2. The van der Waals surface area contributed by atoms with Crippen molar-refractivity contribution in [3.63, 3.8) is 0 Å². The average Bonchev–Trinajstić information content (AvgIpc) is 2.83. The molecule has 0 aliphatic carbocycles. The zero-order chi connectivity index (χ0) is 12.3. The molecule has 0 bridgehead atoms. The van der Waals surface area contributed by atoms with Crippen molar-refractivity contribution in [3.05, 3.63) is 35.4 Å². The fourth-order valence-corrected chi connectivity index (χ4v) is 2.03. The molecule has 0 saturated carbocycles. The van der Waals surface area contributed by atoms with Gasteiger partial charge >= 0.3 is 0 Å². The van der Waals surface area contributed by atoms with Crippen molar-refractivity contribution in [2.75, 3.05) is 6.61 Å². The van der Waals surface area contributed by atoms with Gasteiger partial charge in [-0.05, 0) is 32.3 Å². The van der Waals surface area contributed by atoms with Crippen LogP contribution >= 0.6 is 0 Å². The maximum Gasteiger partial charge on any atom is 0.249 e. The lowest BCUT2D eigenvalue weighted by Gasteiger charge is -2.17. The Kier molecular flexibility index (Phi) is 3.79. The molecule has 0 aromatic heterocycles. The van der Waals surface area contributed by atoms with Crippen LogP contribution in [0.3, 0.4) is 0 Å². The number of ether oxygens (including phenoxy) is 1. The first-order valence-electron chi connectivity index (χ1n) is 6.15. The second-order valence-electron chi connectivity index (χ2n) is 4.64. The van der Waals surface area contributed by atoms with Crippen molar-refractivity contribution in [2.45, 2.75) is 38.8 Å². The average molecular weight is 233 g/mol. The summed E-state index contributed by atoms with van der Waals surface area (Å²) in [6.07, 6.45) is 1.58.